The summed E-state index contributed by atoms with van der Waals surface area (Å²) >= 11 is 0. The molecule has 0 saturated heterocycles. The Kier molecular flexibility index (Phi) is 10.3. The van der Waals surface area contributed by atoms with Gasteiger partial charge in [-0.3, -0.25) is 0 Å². The quantitative estimate of drug-likeness (QED) is 0.113. The van der Waals surface area contributed by atoms with Crippen molar-refractivity contribution in [2.75, 3.05) is 0 Å². The molecular formula is C56H63N3O+2. The van der Waals surface area contributed by atoms with Crippen molar-refractivity contribution >= 4 is 32.7 Å². The molecule has 306 valence electrons. The summed E-state index contributed by atoms with van der Waals surface area (Å²) in [6, 6.07) is 39.1. The van der Waals surface area contributed by atoms with Gasteiger partial charge < -0.3 is 4.42 Å². The van der Waals surface area contributed by atoms with Crippen molar-refractivity contribution in [1.29, 1.82) is 0 Å². The van der Waals surface area contributed by atoms with E-state index >= 15 is 0 Å². The smallest absolute Gasteiger partial charge is 0.294 e. The fraction of sp³-hybridized carbons (Fsp3) is 0.357. The van der Waals surface area contributed by atoms with Crippen LogP contribution in [0.3, 0.4) is 0 Å². The molecule has 60 heavy (non-hydrogen) atoms. The third-order valence-electron chi connectivity index (χ3n) is 14.7. The Morgan fingerprint density at radius 1 is 0.717 bits per heavy atom. The first-order chi connectivity index (χ1) is 29.1. The Balaban J connectivity index is 1.24. The van der Waals surface area contributed by atoms with Crippen LogP contribution in [0.2, 0.25) is 0 Å². The first kappa shape index (κ1) is 40.0. The molecule has 5 aromatic carbocycles. The standard InChI is InChI=1S/C56H63N3O/c1-10-13-19-39-26-27-46-47-28-29-48-50(53(47)60-49(46)36-39)52-44-22-16-14-21-41(44)31-33-59(52)55(8,11-2)56(48,12-3)32-30-40-20-15-17-23-45(40)54-57(9)34-35-58(54)51-42(37(4)5)24-18-25-43(51)38(6)7/h14-18,20-29,31,33-38H,10-13,19,30,32H2,1-9H3/q+2. The highest BCUT2D eigenvalue weighted by atomic mass is 16.3. The van der Waals surface area contributed by atoms with Gasteiger partial charge in [-0.15, -0.1) is 0 Å². The SMILES string of the molecule is CCCCc1ccc2c(c1)oc1c3c(ccc12)C(CC)(CCc1ccccc1-c1n(-c2c(C(C)C)cccc2C(C)C)cc[n+]1C)C(C)(CC)[n+]1ccc2ccccc2c1-3. The lowest BCUT2D eigenvalue weighted by Crippen LogP contribution is -2.68. The fourth-order valence-electron chi connectivity index (χ4n) is 11.2. The number of furan rings is 1. The highest BCUT2D eigenvalue weighted by molar-refractivity contribution is 6.12. The second kappa shape index (κ2) is 15.5. The average Bonchev–Trinajstić information content (AvgIpc) is 3.84. The third kappa shape index (κ3) is 6.07. The van der Waals surface area contributed by atoms with Crippen LogP contribution in [0.4, 0.5) is 0 Å². The summed E-state index contributed by atoms with van der Waals surface area (Å²) in [7, 11) is 2.21. The van der Waals surface area contributed by atoms with Crippen LogP contribution < -0.4 is 9.13 Å². The van der Waals surface area contributed by atoms with Crippen LogP contribution in [0, 0.1) is 0 Å². The van der Waals surface area contributed by atoms with E-state index in [4.69, 9.17) is 4.42 Å². The van der Waals surface area contributed by atoms with Gasteiger partial charge in [-0.25, -0.2) is 4.57 Å². The normalized spacial score (nSPS) is 17.6. The zero-order valence-corrected chi connectivity index (χ0v) is 37.4. The van der Waals surface area contributed by atoms with Gasteiger partial charge in [0.05, 0.1) is 29.0 Å². The van der Waals surface area contributed by atoms with Crippen LogP contribution in [0.1, 0.15) is 127 Å². The summed E-state index contributed by atoms with van der Waals surface area (Å²) in [6.07, 6.45) is 14.3. The van der Waals surface area contributed by atoms with Gasteiger partial charge in [0.15, 0.2) is 11.7 Å². The number of aryl methyl sites for hydroxylation is 3. The van der Waals surface area contributed by atoms with Crippen molar-refractivity contribution in [3.63, 3.8) is 0 Å². The molecule has 3 aromatic heterocycles. The number of hydrogen-bond acceptors (Lipinski definition) is 1. The zero-order chi connectivity index (χ0) is 41.9. The predicted molar refractivity (Wildman–Crippen MR) is 250 cm³/mol. The van der Waals surface area contributed by atoms with Crippen molar-refractivity contribution in [3.8, 4) is 28.3 Å². The number of nitrogens with zero attached hydrogens (tertiary/aromatic N) is 3. The van der Waals surface area contributed by atoms with Crippen molar-refractivity contribution in [3.05, 3.63) is 150 Å². The van der Waals surface area contributed by atoms with E-state index in [1.165, 1.54) is 90.5 Å². The number of para-hydroxylation sites is 1. The molecule has 0 radical (unpaired) electrons. The molecule has 1 aliphatic heterocycles. The first-order valence-electron chi connectivity index (χ1n) is 22.8. The van der Waals surface area contributed by atoms with Crippen LogP contribution in [-0.4, -0.2) is 4.57 Å². The molecule has 0 fully saturated rings. The fourth-order valence-corrected chi connectivity index (χ4v) is 11.2. The van der Waals surface area contributed by atoms with E-state index in [9.17, 15) is 0 Å². The Bertz CT molecular complexity index is 2860. The maximum atomic E-state index is 7.15. The van der Waals surface area contributed by atoms with E-state index in [-0.39, 0.29) is 11.0 Å². The molecule has 0 bridgehead atoms. The molecule has 0 N–H and O–H groups in total. The van der Waals surface area contributed by atoms with Gasteiger partial charge >= 0.3 is 0 Å². The molecule has 2 atom stereocenters. The molecule has 8 aromatic rings. The van der Waals surface area contributed by atoms with Gasteiger partial charge in [-0.05, 0) is 84.2 Å². The highest BCUT2D eigenvalue weighted by Gasteiger charge is 2.59. The molecule has 4 nitrogen and oxygen atoms in total. The second-order valence-corrected chi connectivity index (χ2v) is 18.4. The van der Waals surface area contributed by atoms with Crippen LogP contribution in [0.15, 0.2) is 126 Å². The number of unbranched alkanes of at least 4 members (excludes halogenated alkanes) is 1. The number of benzene rings is 5. The summed E-state index contributed by atoms with van der Waals surface area (Å²) in [5, 5.41) is 4.95. The molecule has 0 amide bonds. The maximum absolute atomic E-state index is 7.15. The Labute approximate surface area is 357 Å². The van der Waals surface area contributed by atoms with Gasteiger partial charge in [0.1, 0.15) is 29.2 Å². The average molecular weight is 794 g/mol. The number of aromatic nitrogens is 3. The molecule has 2 unspecified atom stereocenters. The minimum absolute atomic E-state index is 0.191. The lowest BCUT2D eigenvalue weighted by atomic mass is 9.57. The number of fused-ring (bicyclic) bond motifs is 9. The molecule has 9 rings (SSSR count). The minimum Gasteiger partial charge on any atom is -0.455 e. The van der Waals surface area contributed by atoms with Gasteiger partial charge in [0.2, 0.25) is 5.69 Å². The molecule has 4 heterocycles. The molecule has 4 heteroatoms. The predicted octanol–water partition coefficient (Wildman–Crippen LogP) is 14.0. The second-order valence-electron chi connectivity index (χ2n) is 18.4. The lowest BCUT2D eigenvalue weighted by molar-refractivity contribution is -0.765. The Morgan fingerprint density at radius 2 is 1.45 bits per heavy atom. The van der Waals surface area contributed by atoms with Crippen LogP contribution in [0.25, 0.3) is 61.0 Å². The van der Waals surface area contributed by atoms with E-state index in [0.717, 1.165) is 43.3 Å². The molecular weight excluding hydrogens is 731 g/mol. The Morgan fingerprint density at radius 3 is 2.18 bits per heavy atom. The number of pyridine rings is 1. The van der Waals surface area contributed by atoms with Crippen molar-refractivity contribution in [2.24, 2.45) is 7.05 Å². The maximum Gasteiger partial charge on any atom is 0.294 e. The van der Waals surface area contributed by atoms with Gasteiger partial charge in [-0.1, -0.05) is 134 Å². The number of rotatable bonds is 12. The summed E-state index contributed by atoms with van der Waals surface area (Å²) < 4.78 is 14.6. The summed E-state index contributed by atoms with van der Waals surface area (Å²) in [6.45, 7) is 18.9. The Hall–Kier alpha value is -5.48. The van der Waals surface area contributed by atoms with E-state index in [2.05, 4.69) is 198 Å². The summed E-state index contributed by atoms with van der Waals surface area (Å²) in [4.78, 5) is 0. The minimum atomic E-state index is -0.205. The number of hydrogen-bond donors (Lipinski definition) is 0. The van der Waals surface area contributed by atoms with E-state index in [1.54, 1.807) is 0 Å². The summed E-state index contributed by atoms with van der Waals surface area (Å²) in [5.41, 5.74) is 13.7. The monoisotopic (exact) mass is 793 g/mol. The topological polar surface area (TPSA) is 25.8 Å². The molecule has 0 aliphatic carbocycles. The highest BCUT2D eigenvalue weighted by Crippen LogP contribution is 2.56. The largest absolute Gasteiger partial charge is 0.455 e. The van der Waals surface area contributed by atoms with Gasteiger partial charge in [0.25, 0.3) is 5.82 Å². The van der Waals surface area contributed by atoms with Crippen molar-refractivity contribution in [1.82, 2.24) is 4.57 Å². The van der Waals surface area contributed by atoms with Gasteiger partial charge in [0, 0.05) is 41.3 Å². The summed E-state index contributed by atoms with van der Waals surface area (Å²) in [5.74, 6) is 2.02. The van der Waals surface area contributed by atoms with E-state index in [0.29, 0.717) is 11.8 Å². The molecule has 0 spiro atoms. The third-order valence-corrected chi connectivity index (χ3v) is 14.7. The van der Waals surface area contributed by atoms with Gasteiger partial charge in [-0.2, -0.15) is 9.13 Å². The van der Waals surface area contributed by atoms with Crippen molar-refractivity contribution < 1.29 is 13.6 Å². The van der Waals surface area contributed by atoms with Crippen LogP contribution in [0.5, 0.6) is 0 Å². The molecule has 0 saturated carbocycles. The number of imidazole rings is 1. The van der Waals surface area contributed by atoms with Crippen molar-refractivity contribution in [2.45, 2.75) is 123 Å². The van der Waals surface area contributed by atoms with Crippen LogP contribution >= 0.6 is 0 Å². The van der Waals surface area contributed by atoms with Crippen LogP contribution in [-0.2, 0) is 30.8 Å². The lowest BCUT2D eigenvalue weighted by Gasteiger charge is -2.48. The molecule has 1 aliphatic rings. The zero-order valence-electron chi connectivity index (χ0n) is 37.4. The van der Waals surface area contributed by atoms with E-state index in [1.807, 2.05) is 0 Å². The van der Waals surface area contributed by atoms with E-state index < -0.39 is 0 Å². The first-order valence-corrected chi connectivity index (χ1v) is 22.8.